The molecule has 33 heavy (non-hydrogen) atoms. The summed E-state index contributed by atoms with van der Waals surface area (Å²) < 4.78 is 15.4. The van der Waals surface area contributed by atoms with Gasteiger partial charge in [-0.2, -0.15) is 9.36 Å². The molecular formula is C25H27N3O4S. The molecule has 1 amide bonds. The highest BCUT2D eigenvalue weighted by atomic mass is 32.1. The topological polar surface area (TPSA) is 81.6 Å². The van der Waals surface area contributed by atoms with E-state index in [1.807, 2.05) is 0 Å². The van der Waals surface area contributed by atoms with E-state index in [0.29, 0.717) is 48.4 Å². The number of ether oxygens (including phenoxy) is 2. The van der Waals surface area contributed by atoms with Crippen molar-refractivity contribution in [1.29, 1.82) is 0 Å². The van der Waals surface area contributed by atoms with Crippen molar-refractivity contribution in [2.24, 2.45) is 5.92 Å². The molecule has 7 nitrogen and oxygen atoms in total. The van der Waals surface area contributed by atoms with Gasteiger partial charge in [-0.05, 0) is 50.5 Å². The number of piperidine rings is 1. The monoisotopic (exact) mass is 465 g/mol. The summed E-state index contributed by atoms with van der Waals surface area (Å²) in [4.78, 5) is 31.3. The first-order chi connectivity index (χ1) is 16.0. The van der Waals surface area contributed by atoms with Gasteiger partial charge in [0.15, 0.2) is 5.82 Å². The molecule has 2 aromatic carbocycles. The van der Waals surface area contributed by atoms with E-state index < -0.39 is 0 Å². The fraction of sp³-hybridized carbons (Fsp3) is 0.360. The fourth-order valence-corrected chi connectivity index (χ4v) is 4.40. The number of aryl methyl sites for hydroxylation is 1. The van der Waals surface area contributed by atoms with Crippen LogP contribution in [0.15, 0.2) is 48.5 Å². The van der Waals surface area contributed by atoms with Crippen molar-refractivity contribution in [3.8, 4) is 10.9 Å². The third kappa shape index (κ3) is 5.96. The molecule has 0 radical (unpaired) electrons. The van der Waals surface area contributed by atoms with Crippen LogP contribution >= 0.6 is 11.5 Å². The first-order valence-corrected chi connectivity index (χ1v) is 11.9. The first-order valence-electron chi connectivity index (χ1n) is 11.1. The second kappa shape index (κ2) is 10.6. The molecule has 0 saturated carbocycles. The molecule has 4 rings (SSSR count). The Morgan fingerprint density at radius 2 is 2.00 bits per heavy atom. The van der Waals surface area contributed by atoms with Crippen LogP contribution in [0.3, 0.4) is 0 Å². The molecule has 1 fully saturated rings. The number of rotatable bonds is 7. The minimum Gasteiger partial charge on any atom is -0.466 e. The molecule has 0 aliphatic carbocycles. The van der Waals surface area contributed by atoms with Crippen molar-refractivity contribution in [2.45, 2.75) is 33.1 Å². The van der Waals surface area contributed by atoms with Crippen LogP contribution in [0, 0.1) is 12.8 Å². The first kappa shape index (κ1) is 22.9. The lowest BCUT2D eigenvalue weighted by molar-refractivity contribution is -0.149. The Hall–Kier alpha value is -3.26. The number of benzene rings is 2. The highest BCUT2D eigenvalue weighted by Gasteiger charge is 2.30. The number of hydrogen-bond donors (Lipinski definition) is 0. The molecule has 172 valence electrons. The van der Waals surface area contributed by atoms with Crippen LogP contribution < -0.4 is 4.74 Å². The number of carbonyl (C=O) groups is 2. The van der Waals surface area contributed by atoms with Crippen molar-refractivity contribution < 1.29 is 19.1 Å². The van der Waals surface area contributed by atoms with Gasteiger partial charge in [0.05, 0.1) is 12.5 Å². The predicted octanol–water partition coefficient (Wildman–Crippen LogP) is 4.64. The number of aromatic nitrogens is 2. The van der Waals surface area contributed by atoms with E-state index in [9.17, 15) is 9.59 Å². The van der Waals surface area contributed by atoms with E-state index in [0.717, 1.165) is 18.4 Å². The largest absolute Gasteiger partial charge is 0.466 e. The molecule has 3 aromatic rings. The van der Waals surface area contributed by atoms with Crippen molar-refractivity contribution in [3.05, 3.63) is 71.0 Å². The van der Waals surface area contributed by atoms with Gasteiger partial charge in [-0.15, -0.1) is 0 Å². The standard InChI is InChI=1S/C25H27N3O4S/c1-3-31-24(30)20-7-5-13-28(16-20)23(29)19-6-4-8-21(15-19)32-25-26-22(27-33-25)14-18-11-9-17(2)10-12-18/h4,6,8-12,15,20H,3,5,7,13-14,16H2,1-2H3. The number of likely N-dealkylation sites (tertiary alicyclic amines) is 1. The second-order valence-corrected chi connectivity index (χ2v) is 8.83. The van der Waals surface area contributed by atoms with Crippen molar-refractivity contribution in [3.63, 3.8) is 0 Å². The van der Waals surface area contributed by atoms with E-state index in [2.05, 4.69) is 40.5 Å². The molecule has 2 heterocycles. The number of esters is 1. The van der Waals surface area contributed by atoms with Crippen molar-refractivity contribution >= 4 is 23.4 Å². The fourth-order valence-electron chi connectivity index (χ4n) is 3.83. The van der Waals surface area contributed by atoms with Gasteiger partial charge >= 0.3 is 5.97 Å². The molecule has 1 aromatic heterocycles. The second-order valence-electron chi connectivity index (χ2n) is 8.11. The van der Waals surface area contributed by atoms with Gasteiger partial charge in [0.2, 0.25) is 0 Å². The highest BCUT2D eigenvalue weighted by molar-refractivity contribution is 7.07. The summed E-state index contributed by atoms with van der Waals surface area (Å²) in [5.41, 5.74) is 2.87. The quantitative estimate of drug-likeness (QED) is 0.473. The van der Waals surface area contributed by atoms with Crippen molar-refractivity contribution in [2.75, 3.05) is 19.7 Å². The Bertz CT molecular complexity index is 1110. The molecule has 1 unspecified atom stereocenters. The Kier molecular flexibility index (Phi) is 7.34. The number of nitrogens with zero attached hydrogens (tertiary/aromatic N) is 3. The highest BCUT2D eigenvalue weighted by Crippen LogP contribution is 2.26. The Morgan fingerprint density at radius 1 is 1.18 bits per heavy atom. The Morgan fingerprint density at radius 3 is 2.79 bits per heavy atom. The van der Waals surface area contributed by atoms with Gasteiger partial charge < -0.3 is 14.4 Å². The Balaban J connectivity index is 1.40. The van der Waals surface area contributed by atoms with Gasteiger partial charge in [0.25, 0.3) is 11.1 Å². The van der Waals surface area contributed by atoms with Gasteiger partial charge in [0, 0.05) is 36.6 Å². The van der Waals surface area contributed by atoms with Gasteiger partial charge in [0.1, 0.15) is 5.75 Å². The van der Waals surface area contributed by atoms with Gasteiger partial charge in [-0.3, -0.25) is 9.59 Å². The Labute approximate surface area is 197 Å². The lowest BCUT2D eigenvalue weighted by atomic mass is 9.97. The average molecular weight is 466 g/mol. The minimum absolute atomic E-state index is 0.119. The van der Waals surface area contributed by atoms with Gasteiger partial charge in [-0.1, -0.05) is 35.9 Å². The molecule has 8 heteroatoms. The van der Waals surface area contributed by atoms with Crippen LogP contribution in [-0.4, -0.2) is 45.8 Å². The molecule has 1 aliphatic rings. The summed E-state index contributed by atoms with van der Waals surface area (Å²) in [5, 5.41) is 0.432. The SMILES string of the molecule is CCOC(=O)C1CCCN(C(=O)c2cccc(Oc3nc(Cc4ccc(C)cc4)ns3)c2)C1. The smallest absolute Gasteiger partial charge is 0.310 e. The van der Waals surface area contributed by atoms with E-state index >= 15 is 0 Å². The zero-order valence-corrected chi connectivity index (χ0v) is 19.6. The average Bonchev–Trinajstić information content (AvgIpc) is 3.27. The van der Waals surface area contributed by atoms with E-state index in [-0.39, 0.29) is 17.8 Å². The number of carbonyl (C=O) groups excluding carboxylic acids is 2. The van der Waals surface area contributed by atoms with Crippen LogP contribution in [-0.2, 0) is 16.0 Å². The van der Waals surface area contributed by atoms with Crippen LogP contribution in [0.4, 0.5) is 0 Å². The molecule has 1 aliphatic heterocycles. The zero-order chi connectivity index (χ0) is 23.2. The molecule has 0 bridgehead atoms. The minimum atomic E-state index is -0.268. The van der Waals surface area contributed by atoms with Crippen LogP contribution in [0.25, 0.3) is 0 Å². The summed E-state index contributed by atoms with van der Waals surface area (Å²) in [6, 6.07) is 15.3. The number of amides is 1. The normalized spacial score (nSPS) is 15.8. The predicted molar refractivity (Wildman–Crippen MR) is 126 cm³/mol. The van der Waals surface area contributed by atoms with Crippen LogP contribution in [0.1, 0.15) is 47.1 Å². The zero-order valence-electron chi connectivity index (χ0n) is 18.8. The molecule has 1 saturated heterocycles. The molecule has 1 atom stereocenters. The third-order valence-electron chi connectivity index (χ3n) is 5.55. The maximum absolute atomic E-state index is 13.1. The third-order valence-corrected chi connectivity index (χ3v) is 6.18. The van der Waals surface area contributed by atoms with E-state index in [1.54, 1.807) is 36.1 Å². The van der Waals surface area contributed by atoms with Crippen LogP contribution in [0.2, 0.25) is 0 Å². The summed E-state index contributed by atoms with van der Waals surface area (Å²) in [7, 11) is 0. The van der Waals surface area contributed by atoms with Crippen molar-refractivity contribution in [1.82, 2.24) is 14.3 Å². The van der Waals surface area contributed by atoms with Gasteiger partial charge in [-0.25, -0.2) is 0 Å². The molecule has 0 spiro atoms. The maximum Gasteiger partial charge on any atom is 0.310 e. The lowest BCUT2D eigenvalue weighted by Crippen LogP contribution is -2.42. The van der Waals surface area contributed by atoms with Crippen LogP contribution in [0.5, 0.6) is 10.9 Å². The molecule has 0 N–H and O–H groups in total. The summed E-state index contributed by atoms with van der Waals surface area (Å²) in [6.07, 6.45) is 2.16. The lowest BCUT2D eigenvalue weighted by Gasteiger charge is -2.31. The summed E-state index contributed by atoms with van der Waals surface area (Å²) in [6.45, 7) is 5.19. The summed E-state index contributed by atoms with van der Waals surface area (Å²) in [5.74, 6) is 0.606. The molecular weight excluding hydrogens is 438 g/mol. The maximum atomic E-state index is 13.1. The summed E-state index contributed by atoms with van der Waals surface area (Å²) >= 11 is 1.19. The van der Waals surface area contributed by atoms with E-state index in [4.69, 9.17) is 9.47 Å². The van der Waals surface area contributed by atoms with E-state index in [1.165, 1.54) is 17.1 Å². The number of hydrogen-bond acceptors (Lipinski definition) is 7.